The van der Waals surface area contributed by atoms with Gasteiger partial charge in [-0.3, -0.25) is 18.6 Å². The minimum atomic E-state index is -4.40. The summed E-state index contributed by atoms with van der Waals surface area (Å²) in [5.41, 5.74) is 0. The summed E-state index contributed by atoms with van der Waals surface area (Å²) in [6.45, 7) is 4.24. The number of phosphoric ester groups is 1. The van der Waals surface area contributed by atoms with Crippen LogP contribution in [0, 0.1) is 0 Å². The molecule has 0 rings (SSSR count). The molecule has 0 aromatic carbocycles. The molecule has 10 heteroatoms. The first kappa shape index (κ1) is 55.2. The molecule has 0 heterocycles. The Morgan fingerprint density at radius 1 is 0.534 bits per heavy atom. The molecule has 0 saturated heterocycles. The van der Waals surface area contributed by atoms with Crippen molar-refractivity contribution in [3.05, 3.63) is 85.1 Å². The monoisotopic (exact) mass is 833 g/mol. The fourth-order valence-electron chi connectivity index (χ4n) is 5.38. The van der Waals surface area contributed by atoms with Crippen LogP contribution in [0.1, 0.15) is 155 Å². The summed E-state index contributed by atoms with van der Waals surface area (Å²) in [6.07, 6.45) is 50.7. The van der Waals surface area contributed by atoms with Crippen LogP contribution in [0.2, 0.25) is 0 Å². The summed E-state index contributed by atoms with van der Waals surface area (Å²) in [5, 5.41) is 0. The highest BCUT2D eigenvalue weighted by Crippen LogP contribution is 2.43. The molecular weight excluding hydrogens is 750 g/mol. The van der Waals surface area contributed by atoms with E-state index in [1.165, 1.54) is 51.4 Å². The van der Waals surface area contributed by atoms with Crippen molar-refractivity contribution in [3.8, 4) is 0 Å². The van der Waals surface area contributed by atoms with Crippen molar-refractivity contribution in [2.75, 3.05) is 47.5 Å². The van der Waals surface area contributed by atoms with Gasteiger partial charge < -0.3 is 18.9 Å². The largest absolute Gasteiger partial charge is 0.472 e. The van der Waals surface area contributed by atoms with E-state index in [0.717, 1.165) is 64.2 Å². The first-order chi connectivity index (χ1) is 28.0. The smallest absolute Gasteiger partial charge is 0.462 e. The molecule has 0 fully saturated rings. The second-order valence-corrected chi connectivity index (χ2v) is 17.2. The fourth-order valence-corrected chi connectivity index (χ4v) is 6.12. The third-order valence-corrected chi connectivity index (χ3v) is 9.90. The van der Waals surface area contributed by atoms with E-state index in [1.807, 2.05) is 33.3 Å². The molecule has 58 heavy (non-hydrogen) atoms. The molecular formula is C48H83NO8P+. The van der Waals surface area contributed by atoms with Crippen LogP contribution in [-0.4, -0.2) is 74.9 Å². The predicted octanol–water partition coefficient (Wildman–Crippen LogP) is 12.8. The molecule has 332 valence electrons. The summed E-state index contributed by atoms with van der Waals surface area (Å²) in [5.74, 6) is -0.919. The number of esters is 2. The van der Waals surface area contributed by atoms with E-state index in [0.29, 0.717) is 23.9 Å². The summed E-state index contributed by atoms with van der Waals surface area (Å²) in [7, 11) is 1.41. The van der Waals surface area contributed by atoms with Crippen LogP contribution in [0.3, 0.4) is 0 Å². The van der Waals surface area contributed by atoms with E-state index in [2.05, 4.69) is 86.8 Å². The molecule has 0 aromatic heterocycles. The van der Waals surface area contributed by atoms with Gasteiger partial charge in [-0.15, -0.1) is 0 Å². The number of hydrogen-bond donors (Lipinski definition) is 1. The van der Waals surface area contributed by atoms with Crippen LogP contribution in [0.25, 0.3) is 0 Å². The van der Waals surface area contributed by atoms with Gasteiger partial charge >= 0.3 is 19.8 Å². The molecule has 0 aromatic rings. The predicted molar refractivity (Wildman–Crippen MR) is 242 cm³/mol. The molecule has 0 spiro atoms. The lowest BCUT2D eigenvalue weighted by molar-refractivity contribution is -0.870. The number of carbonyl (C=O) groups excluding carboxylic acids is 2. The summed E-state index contributed by atoms with van der Waals surface area (Å²) in [4.78, 5) is 35.3. The summed E-state index contributed by atoms with van der Waals surface area (Å²) in [6, 6.07) is 0. The second kappa shape index (κ2) is 39.6. The molecule has 0 aliphatic heterocycles. The van der Waals surface area contributed by atoms with E-state index in [9.17, 15) is 19.0 Å². The van der Waals surface area contributed by atoms with Gasteiger partial charge in [-0.25, -0.2) is 4.57 Å². The Bertz CT molecular complexity index is 1260. The Morgan fingerprint density at radius 2 is 0.966 bits per heavy atom. The van der Waals surface area contributed by atoms with Crippen molar-refractivity contribution in [3.63, 3.8) is 0 Å². The van der Waals surface area contributed by atoms with Gasteiger partial charge in [0.05, 0.1) is 27.7 Å². The number of unbranched alkanes of at least 4 members (excludes halogenated alkanes) is 11. The highest BCUT2D eigenvalue weighted by atomic mass is 31.2. The van der Waals surface area contributed by atoms with E-state index in [1.54, 1.807) is 0 Å². The lowest BCUT2D eigenvalue weighted by atomic mass is 10.1. The van der Waals surface area contributed by atoms with Crippen LogP contribution in [0.4, 0.5) is 0 Å². The first-order valence-electron chi connectivity index (χ1n) is 22.3. The zero-order chi connectivity index (χ0) is 42.8. The fraction of sp³-hybridized carbons (Fsp3) is 0.667. The molecule has 1 N–H and O–H groups in total. The molecule has 0 aliphatic rings. The highest BCUT2D eigenvalue weighted by Gasteiger charge is 2.27. The molecule has 0 saturated carbocycles. The van der Waals surface area contributed by atoms with Crippen LogP contribution in [0.5, 0.6) is 0 Å². The van der Waals surface area contributed by atoms with Crippen LogP contribution >= 0.6 is 7.82 Å². The SMILES string of the molecule is CCCCC/C=C/C/C=C/C/C=C/C/C=C/C/C=C/CCC(=O)O[C@H](COC(=O)CCCCCCC/C=C/C/C=C/CCCCC)COP(=O)(O)OCC[N+](C)(C)C. The number of hydrogen-bond acceptors (Lipinski definition) is 7. The third-order valence-electron chi connectivity index (χ3n) is 8.91. The van der Waals surface area contributed by atoms with E-state index in [-0.39, 0.29) is 26.1 Å². The number of allylic oxidation sites excluding steroid dienone is 14. The van der Waals surface area contributed by atoms with Gasteiger partial charge in [-0.05, 0) is 83.5 Å². The Kier molecular flexibility index (Phi) is 37.7. The molecule has 0 aliphatic carbocycles. The summed E-state index contributed by atoms with van der Waals surface area (Å²) >= 11 is 0. The van der Waals surface area contributed by atoms with Crippen molar-refractivity contribution in [1.82, 2.24) is 0 Å². The molecule has 2 atom stereocenters. The minimum absolute atomic E-state index is 0.0116. The molecule has 0 bridgehead atoms. The van der Waals surface area contributed by atoms with Gasteiger partial charge in [0.1, 0.15) is 19.8 Å². The maximum atomic E-state index is 12.7. The van der Waals surface area contributed by atoms with Crippen LogP contribution < -0.4 is 0 Å². The zero-order valence-electron chi connectivity index (χ0n) is 37.2. The summed E-state index contributed by atoms with van der Waals surface area (Å²) < 4.78 is 34.2. The van der Waals surface area contributed by atoms with Crippen molar-refractivity contribution in [2.45, 2.75) is 161 Å². The van der Waals surface area contributed by atoms with Crippen molar-refractivity contribution in [2.24, 2.45) is 0 Å². The van der Waals surface area contributed by atoms with E-state index < -0.39 is 32.5 Å². The molecule has 1 unspecified atom stereocenters. The second-order valence-electron chi connectivity index (χ2n) is 15.7. The van der Waals surface area contributed by atoms with Gasteiger partial charge in [0.15, 0.2) is 6.10 Å². The first-order valence-corrected chi connectivity index (χ1v) is 23.8. The number of phosphoric acid groups is 1. The Balaban J connectivity index is 4.53. The Labute approximate surface area is 354 Å². The number of likely N-dealkylation sites (N-methyl/N-ethyl adjacent to an activating group) is 1. The number of rotatable bonds is 39. The lowest BCUT2D eigenvalue weighted by Crippen LogP contribution is -2.37. The molecule has 0 amide bonds. The highest BCUT2D eigenvalue weighted by molar-refractivity contribution is 7.47. The standard InChI is InChI=1S/C48H82NO8P/c1-6-8-10-12-14-16-18-20-22-23-24-25-27-29-31-33-35-37-39-41-48(51)57-46(45-56-58(52,53)55-43-42-49(3,4)5)44-54-47(50)40-38-36-34-32-30-28-26-21-19-17-15-13-11-9-7-2/h14-17,20-22,24-26,29,31,35,37,46H,6-13,18-19,23,27-28,30,32-34,36,38-45H2,1-5H3/p+1/b16-14+,17-15+,22-20+,25-24+,26-21+,31-29+,37-35+/t46-/m1/s1. The van der Waals surface area contributed by atoms with Gasteiger partial charge in [-0.1, -0.05) is 144 Å². The molecule has 9 nitrogen and oxygen atoms in total. The Hall–Kier alpha value is -2.81. The van der Waals surface area contributed by atoms with Crippen molar-refractivity contribution >= 4 is 19.8 Å². The lowest BCUT2D eigenvalue weighted by Gasteiger charge is -2.24. The van der Waals surface area contributed by atoms with Crippen molar-refractivity contribution in [1.29, 1.82) is 0 Å². The van der Waals surface area contributed by atoms with Crippen LogP contribution in [0.15, 0.2) is 85.1 Å². The van der Waals surface area contributed by atoms with Crippen LogP contribution in [-0.2, 0) is 32.7 Å². The topological polar surface area (TPSA) is 108 Å². The van der Waals surface area contributed by atoms with E-state index >= 15 is 0 Å². The average molecular weight is 833 g/mol. The quantitative estimate of drug-likeness (QED) is 0.0214. The Morgan fingerprint density at radius 3 is 1.45 bits per heavy atom. The van der Waals surface area contributed by atoms with Gasteiger partial charge in [0, 0.05) is 12.8 Å². The third kappa shape index (κ3) is 42.8. The van der Waals surface area contributed by atoms with Crippen molar-refractivity contribution < 1.29 is 42.1 Å². The zero-order valence-corrected chi connectivity index (χ0v) is 38.1. The maximum Gasteiger partial charge on any atom is 0.472 e. The number of ether oxygens (including phenoxy) is 2. The van der Waals surface area contributed by atoms with Gasteiger partial charge in [0.25, 0.3) is 0 Å². The van der Waals surface area contributed by atoms with E-state index in [4.69, 9.17) is 18.5 Å². The van der Waals surface area contributed by atoms with Gasteiger partial charge in [-0.2, -0.15) is 0 Å². The molecule has 0 radical (unpaired) electrons. The normalized spacial score (nSPS) is 14.4. The van der Waals surface area contributed by atoms with Gasteiger partial charge in [0.2, 0.25) is 0 Å². The average Bonchev–Trinajstić information content (AvgIpc) is 3.17. The minimum Gasteiger partial charge on any atom is -0.462 e. The number of carbonyl (C=O) groups is 2. The maximum absolute atomic E-state index is 12.7. The number of quaternary nitrogens is 1. The number of nitrogens with zero attached hydrogens (tertiary/aromatic N) is 1.